The molecule has 13 heavy (non-hydrogen) atoms. The average molecular weight is 176 g/mol. The van der Waals surface area contributed by atoms with Gasteiger partial charge in [-0.05, 0) is 12.5 Å². The topological polar surface area (TPSA) is 56.2 Å². The molecule has 0 amide bonds. The number of fused-ring (bicyclic) bond motifs is 1. The molecule has 2 aromatic heterocycles. The second-order valence-electron chi connectivity index (χ2n) is 2.99. The second kappa shape index (κ2) is 3.14. The van der Waals surface area contributed by atoms with Gasteiger partial charge in [0.2, 0.25) is 0 Å². The lowest BCUT2D eigenvalue weighted by atomic mass is 10.2. The van der Waals surface area contributed by atoms with Gasteiger partial charge in [0, 0.05) is 18.3 Å². The van der Waals surface area contributed by atoms with Gasteiger partial charge in [0.05, 0.1) is 11.9 Å². The van der Waals surface area contributed by atoms with Crippen LogP contribution in [0.25, 0.3) is 5.65 Å². The Morgan fingerprint density at radius 1 is 1.46 bits per heavy atom. The zero-order valence-corrected chi connectivity index (χ0v) is 7.51. The third-order valence-electron chi connectivity index (χ3n) is 2.14. The van der Waals surface area contributed by atoms with Gasteiger partial charge >= 0.3 is 0 Å². The summed E-state index contributed by atoms with van der Waals surface area (Å²) in [6.45, 7) is 2.06. The highest BCUT2D eigenvalue weighted by Crippen LogP contribution is 2.13. The van der Waals surface area contributed by atoms with Crippen molar-refractivity contribution in [2.45, 2.75) is 19.4 Å². The molecule has 1 atom stereocenters. The van der Waals surface area contributed by atoms with Crippen molar-refractivity contribution in [3.05, 3.63) is 30.2 Å². The molecule has 2 aromatic rings. The van der Waals surface area contributed by atoms with Crippen molar-refractivity contribution >= 4 is 5.65 Å². The van der Waals surface area contributed by atoms with Gasteiger partial charge in [-0.3, -0.25) is 0 Å². The Hall–Kier alpha value is -1.42. The first-order valence-electron chi connectivity index (χ1n) is 4.37. The van der Waals surface area contributed by atoms with Gasteiger partial charge in [-0.25, -0.2) is 9.50 Å². The minimum Gasteiger partial charge on any atom is -0.323 e. The second-order valence-corrected chi connectivity index (χ2v) is 2.99. The predicted octanol–water partition coefficient (Wildman–Crippen LogP) is 1.14. The molecule has 0 bridgehead atoms. The summed E-state index contributed by atoms with van der Waals surface area (Å²) in [4.78, 5) is 4.16. The summed E-state index contributed by atoms with van der Waals surface area (Å²) >= 11 is 0. The van der Waals surface area contributed by atoms with Gasteiger partial charge in [0.25, 0.3) is 0 Å². The summed E-state index contributed by atoms with van der Waals surface area (Å²) in [6.07, 6.45) is 4.40. The third kappa shape index (κ3) is 1.29. The predicted molar refractivity (Wildman–Crippen MR) is 50.2 cm³/mol. The third-order valence-corrected chi connectivity index (χ3v) is 2.14. The largest absolute Gasteiger partial charge is 0.323 e. The van der Waals surface area contributed by atoms with E-state index >= 15 is 0 Å². The molecule has 1 unspecified atom stereocenters. The number of rotatable bonds is 2. The van der Waals surface area contributed by atoms with E-state index in [0.717, 1.165) is 17.8 Å². The van der Waals surface area contributed by atoms with Gasteiger partial charge in [-0.2, -0.15) is 5.10 Å². The van der Waals surface area contributed by atoms with E-state index in [4.69, 9.17) is 5.73 Å². The molecule has 0 spiro atoms. The van der Waals surface area contributed by atoms with Gasteiger partial charge in [0.1, 0.15) is 0 Å². The maximum atomic E-state index is 5.93. The first kappa shape index (κ1) is 8.19. The molecule has 0 aromatic carbocycles. The molecule has 0 radical (unpaired) electrons. The molecule has 0 aliphatic carbocycles. The van der Waals surface area contributed by atoms with Crippen LogP contribution >= 0.6 is 0 Å². The Morgan fingerprint density at radius 3 is 3.08 bits per heavy atom. The monoisotopic (exact) mass is 176 g/mol. The maximum absolute atomic E-state index is 5.93. The number of hydrogen-bond donors (Lipinski definition) is 1. The number of aromatic nitrogens is 3. The number of nitrogens with zero attached hydrogens (tertiary/aromatic N) is 3. The Balaban J connectivity index is 2.60. The van der Waals surface area contributed by atoms with Gasteiger partial charge in [0.15, 0.2) is 5.65 Å². The van der Waals surface area contributed by atoms with Crippen LogP contribution < -0.4 is 5.73 Å². The van der Waals surface area contributed by atoms with Crippen molar-refractivity contribution in [3.63, 3.8) is 0 Å². The standard InChI is InChI=1S/C9H12N4/c1-2-7(10)8-3-5-11-9-4-6-12-13(8)9/h3-7H,2,10H2,1H3. The van der Waals surface area contributed by atoms with Crippen LogP contribution in [-0.4, -0.2) is 14.6 Å². The van der Waals surface area contributed by atoms with E-state index in [1.807, 2.05) is 12.1 Å². The molecule has 4 heteroatoms. The molecule has 0 aliphatic heterocycles. The summed E-state index contributed by atoms with van der Waals surface area (Å²) in [5.41, 5.74) is 7.79. The van der Waals surface area contributed by atoms with Crippen molar-refractivity contribution in [3.8, 4) is 0 Å². The molecule has 0 saturated heterocycles. The summed E-state index contributed by atoms with van der Waals surface area (Å²) in [5.74, 6) is 0. The highest BCUT2D eigenvalue weighted by Gasteiger charge is 2.07. The van der Waals surface area contributed by atoms with Crippen molar-refractivity contribution in [1.29, 1.82) is 0 Å². The Labute approximate surface area is 76.4 Å². The smallest absolute Gasteiger partial charge is 0.155 e. The van der Waals surface area contributed by atoms with Crippen LogP contribution in [0, 0.1) is 0 Å². The fourth-order valence-corrected chi connectivity index (χ4v) is 1.34. The Morgan fingerprint density at radius 2 is 2.31 bits per heavy atom. The molecule has 0 fully saturated rings. The lowest BCUT2D eigenvalue weighted by Crippen LogP contribution is -2.14. The molecule has 0 saturated carbocycles. The lowest BCUT2D eigenvalue weighted by molar-refractivity contribution is 0.644. The molecule has 68 valence electrons. The van der Waals surface area contributed by atoms with Crippen molar-refractivity contribution in [2.24, 2.45) is 5.73 Å². The van der Waals surface area contributed by atoms with Crippen molar-refractivity contribution < 1.29 is 0 Å². The summed E-state index contributed by atoms with van der Waals surface area (Å²) in [7, 11) is 0. The number of nitrogens with two attached hydrogens (primary N) is 1. The fraction of sp³-hybridized carbons (Fsp3) is 0.333. The van der Waals surface area contributed by atoms with Crippen LogP contribution in [0.4, 0.5) is 0 Å². The van der Waals surface area contributed by atoms with Crippen LogP contribution in [-0.2, 0) is 0 Å². The Bertz CT molecular complexity index is 407. The zero-order chi connectivity index (χ0) is 9.26. The van der Waals surface area contributed by atoms with Gasteiger partial charge in [-0.15, -0.1) is 0 Å². The van der Waals surface area contributed by atoms with E-state index in [9.17, 15) is 0 Å². The van der Waals surface area contributed by atoms with Gasteiger partial charge in [-0.1, -0.05) is 6.92 Å². The Kier molecular flexibility index (Phi) is 1.98. The summed E-state index contributed by atoms with van der Waals surface area (Å²) in [6, 6.07) is 3.81. The molecule has 2 rings (SSSR count). The molecular formula is C9H12N4. The van der Waals surface area contributed by atoms with E-state index in [2.05, 4.69) is 17.0 Å². The first-order valence-corrected chi connectivity index (χ1v) is 4.37. The lowest BCUT2D eigenvalue weighted by Gasteiger charge is -2.09. The molecule has 2 heterocycles. The van der Waals surface area contributed by atoms with Crippen LogP contribution in [0.5, 0.6) is 0 Å². The highest BCUT2D eigenvalue weighted by molar-refractivity contribution is 5.37. The SMILES string of the molecule is CCC(N)c1ccnc2ccnn12. The van der Waals surface area contributed by atoms with Crippen LogP contribution in [0.3, 0.4) is 0 Å². The first-order chi connectivity index (χ1) is 6.33. The zero-order valence-electron chi connectivity index (χ0n) is 7.51. The molecule has 2 N–H and O–H groups in total. The van der Waals surface area contributed by atoms with Crippen LogP contribution in [0.15, 0.2) is 24.5 Å². The average Bonchev–Trinajstić information content (AvgIpc) is 2.63. The quantitative estimate of drug-likeness (QED) is 0.746. The molecule has 4 nitrogen and oxygen atoms in total. The number of hydrogen-bond acceptors (Lipinski definition) is 3. The van der Waals surface area contributed by atoms with E-state index in [-0.39, 0.29) is 6.04 Å². The van der Waals surface area contributed by atoms with E-state index < -0.39 is 0 Å². The maximum Gasteiger partial charge on any atom is 0.155 e. The van der Waals surface area contributed by atoms with Crippen LogP contribution in [0.2, 0.25) is 0 Å². The minimum absolute atomic E-state index is 0.0328. The fourth-order valence-electron chi connectivity index (χ4n) is 1.34. The summed E-state index contributed by atoms with van der Waals surface area (Å²) < 4.78 is 1.79. The van der Waals surface area contributed by atoms with Crippen LogP contribution in [0.1, 0.15) is 25.1 Å². The van der Waals surface area contributed by atoms with E-state index in [0.29, 0.717) is 0 Å². The van der Waals surface area contributed by atoms with Gasteiger partial charge < -0.3 is 5.73 Å². The molecule has 0 aliphatic rings. The minimum atomic E-state index is 0.0328. The van der Waals surface area contributed by atoms with E-state index in [1.165, 1.54) is 0 Å². The summed E-state index contributed by atoms with van der Waals surface area (Å²) in [5, 5.41) is 4.16. The van der Waals surface area contributed by atoms with Crippen molar-refractivity contribution in [1.82, 2.24) is 14.6 Å². The normalized spacial score (nSPS) is 13.4. The molecular weight excluding hydrogens is 164 g/mol. The highest BCUT2D eigenvalue weighted by atomic mass is 15.3. The van der Waals surface area contributed by atoms with Crippen molar-refractivity contribution in [2.75, 3.05) is 0 Å². The van der Waals surface area contributed by atoms with E-state index in [1.54, 1.807) is 16.9 Å².